The molecule has 16 heavy (non-hydrogen) atoms. The van der Waals surface area contributed by atoms with Gasteiger partial charge in [-0.2, -0.15) is 0 Å². The van der Waals surface area contributed by atoms with E-state index in [-0.39, 0.29) is 17.7 Å². The van der Waals surface area contributed by atoms with Gasteiger partial charge in [-0.05, 0) is 25.5 Å². The van der Waals surface area contributed by atoms with Gasteiger partial charge in [0.1, 0.15) is 0 Å². The molecule has 0 aliphatic heterocycles. The lowest BCUT2D eigenvalue weighted by molar-refractivity contribution is 0.0520. The van der Waals surface area contributed by atoms with Crippen LogP contribution in [0, 0.1) is 18.6 Å². The second-order valence-electron chi connectivity index (χ2n) is 2.78. The van der Waals surface area contributed by atoms with Gasteiger partial charge >= 0.3 is 5.97 Å². The molecular weight excluding hydrogens is 214 g/mol. The predicted octanol–water partition coefficient (Wildman–Crippen LogP) is 3.48. The minimum atomic E-state index is -1.15. The third-order valence-electron chi connectivity index (χ3n) is 1.77. The minimum absolute atomic E-state index is 0.133. The fourth-order valence-electron chi connectivity index (χ4n) is 1.01. The number of rotatable bonds is 2. The summed E-state index contributed by atoms with van der Waals surface area (Å²) in [5.41, 5.74) is -0.203. The van der Waals surface area contributed by atoms with Gasteiger partial charge in [0.15, 0.2) is 11.6 Å². The van der Waals surface area contributed by atoms with E-state index in [2.05, 4.69) is 4.74 Å². The van der Waals surface area contributed by atoms with E-state index in [0.29, 0.717) is 0 Å². The van der Waals surface area contributed by atoms with E-state index in [1.54, 1.807) is 6.92 Å². The highest BCUT2D eigenvalue weighted by molar-refractivity contribution is 5.89. The Bertz CT molecular complexity index is 362. The fraction of sp³-hybridized carbons (Fsp3) is 0.417. The van der Waals surface area contributed by atoms with Crippen LogP contribution in [0.25, 0.3) is 0 Å². The van der Waals surface area contributed by atoms with Gasteiger partial charge in [0.05, 0.1) is 12.2 Å². The standard InChI is InChI=1S/C10H10F2O2.C2H6/c1-3-14-10(13)7-5-4-6(2)8(11)9(7)12;1-2/h4-5H,3H2,1-2H3;1-2H3. The molecule has 1 aromatic rings. The number of hydrogen-bond donors (Lipinski definition) is 0. The van der Waals surface area contributed by atoms with Crippen molar-refractivity contribution in [3.8, 4) is 0 Å². The van der Waals surface area contributed by atoms with Crippen LogP contribution in [0.3, 0.4) is 0 Å². The lowest BCUT2D eigenvalue weighted by Gasteiger charge is -2.04. The van der Waals surface area contributed by atoms with Crippen LogP contribution in [0.1, 0.15) is 36.7 Å². The zero-order valence-corrected chi connectivity index (χ0v) is 9.93. The summed E-state index contributed by atoms with van der Waals surface area (Å²) in [4.78, 5) is 11.1. The van der Waals surface area contributed by atoms with Gasteiger partial charge in [0, 0.05) is 0 Å². The van der Waals surface area contributed by atoms with Crippen molar-refractivity contribution in [2.45, 2.75) is 27.7 Å². The molecule has 0 radical (unpaired) electrons. The predicted molar refractivity (Wildman–Crippen MR) is 58.4 cm³/mol. The molecule has 0 saturated carbocycles. The number of ether oxygens (including phenoxy) is 1. The quantitative estimate of drug-likeness (QED) is 0.727. The molecule has 90 valence electrons. The van der Waals surface area contributed by atoms with Crippen LogP contribution in [0.4, 0.5) is 8.78 Å². The molecule has 0 aromatic heterocycles. The highest BCUT2D eigenvalue weighted by atomic mass is 19.2. The van der Waals surface area contributed by atoms with E-state index < -0.39 is 17.6 Å². The van der Waals surface area contributed by atoms with Crippen molar-refractivity contribution < 1.29 is 18.3 Å². The molecule has 0 amide bonds. The molecule has 0 N–H and O–H groups in total. The molecule has 4 heteroatoms. The Morgan fingerprint density at radius 1 is 1.25 bits per heavy atom. The molecule has 0 unspecified atom stereocenters. The molecular formula is C12H16F2O2. The summed E-state index contributed by atoms with van der Waals surface area (Å²) in [7, 11) is 0. The SMILES string of the molecule is CC.CCOC(=O)c1ccc(C)c(F)c1F. The van der Waals surface area contributed by atoms with Crippen molar-refractivity contribution in [2.24, 2.45) is 0 Å². The van der Waals surface area contributed by atoms with Gasteiger partial charge in [-0.3, -0.25) is 0 Å². The van der Waals surface area contributed by atoms with Gasteiger partial charge in [0.2, 0.25) is 0 Å². The first-order valence-electron chi connectivity index (χ1n) is 5.19. The summed E-state index contributed by atoms with van der Waals surface area (Å²) in [5, 5.41) is 0. The number of aryl methyl sites for hydroxylation is 1. The molecule has 0 fully saturated rings. The Balaban J connectivity index is 0.00000106. The summed E-state index contributed by atoms with van der Waals surface area (Å²) in [6.07, 6.45) is 0. The van der Waals surface area contributed by atoms with Gasteiger partial charge in [-0.15, -0.1) is 0 Å². The molecule has 1 rings (SSSR count). The first-order valence-corrected chi connectivity index (χ1v) is 5.19. The molecule has 0 aliphatic carbocycles. The molecule has 0 heterocycles. The average molecular weight is 230 g/mol. The summed E-state index contributed by atoms with van der Waals surface area (Å²) in [5.74, 6) is -3.00. The Morgan fingerprint density at radius 2 is 1.81 bits per heavy atom. The van der Waals surface area contributed by atoms with Gasteiger partial charge in [0.25, 0.3) is 0 Å². The van der Waals surface area contributed by atoms with Gasteiger partial charge in [-0.25, -0.2) is 13.6 Å². The number of carbonyl (C=O) groups excluding carboxylic acids is 1. The van der Waals surface area contributed by atoms with Gasteiger partial charge < -0.3 is 4.74 Å². The second-order valence-corrected chi connectivity index (χ2v) is 2.78. The highest BCUT2D eigenvalue weighted by Crippen LogP contribution is 2.16. The van der Waals surface area contributed by atoms with E-state index in [1.165, 1.54) is 19.1 Å². The third kappa shape index (κ3) is 3.29. The second kappa shape index (κ2) is 6.93. The van der Waals surface area contributed by atoms with Crippen LogP contribution in [0.2, 0.25) is 0 Å². The molecule has 0 saturated heterocycles. The van der Waals surface area contributed by atoms with Crippen molar-refractivity contribution in [2.75, 3.05) is 6.61 Å². The van der Waals surface area contributed by atoms with E-state index in [0.717, 1.165) is 0 Å². The first-order chi connectivity index (χ1) is 7.57. The summed E-state index contributed by atoms with van der Waals surface area (Å²) in [6, 6.07) is 2.55. The number of benzene rings is 1. The van der Waals surface area contributed by atoms with E-state index in [9.17, 15) is 13.6 Å². The topological polar surface area (TPSA) is 26.3 Å². The normalized spacial score (nSPS) is 9.12. The first kappa shape index (κ1) is 14.5. The Kier molecular flexibility index (Phi) is 6.30. The van der Waals surface area contributed by atoms with Crippen molar-refractivity contribution in [1.29, 1.82) is 0 Å². The fourth-order valence-corrected chi connectivity index (χ4v) is 1.01. The molecule has 0 aliphatic rings. The summed E-state index contributed by atoms with van der Waals surface area (Å²) >= 11 is 0. The van der Waals surface area contributed by atoms with Crippen LogP contribution in [0.5, 0.6) is 0 Å². The van der Waals surface area contributed by atoms with Crippen LogP contribution in [-0.2, 0) is 4.74 Å². The average Bonchev–Trinajstić information content (AvgIpc) is 2.29. The lowest BCUT2D eigenvalue weighted by Crippen LogP contribution is -2.09. The molecule has 2 nitrogen and oxygen atoms in total. The van der Waals surface area contributed by atoms with Crippen LogP contribution in [0.15, 0.2) is 12.1 Å². The van der Waals surface area contributed by atoms with Crippen molar-refractivity contribution in [1.82, 2.24) is 0 Å². The maximum Gasteiger partial charge on any atom is 0.341 e. The molecule has 0 atom stereocenters. The largest absolute Gasteiger partial charge is 0.462 e. The smallest absolute Gasteiger partial charge is 0.341 e. The van der Waals surface area contributed by atoms with Crippen molar-refractivity contribution in [3.05, 3.63) is 34.9 Å². The molecule has 0 bridgehead atoms. The lowest BCUT2D eigenvalue weighted by atomic mass is 10.1. The maximum atomic E-state index is 13.2. The monoisotopic (exact) mass is 230 g/mol. The molecule has 0 spiro atoms. The van der Waals surface area contributed by atoms with E-state index in [4.69, 9.17) is 0 Å². The van der Waals surface area contributed by atoms with Crippen LogP contribution >= 0.6 is 0 Å². The van der Waals surface area contributed by atoms with E-state index >= 15 is 0 Å². The third-order valence-corrected chi connectivity index (χ3v) is 1.77. The Morgan fingerprint density at radius 3 is 2.31 bits per heavy atom. The number of esters is 1. The van der Waals surface area contributed by atoms with Gasteiger partial charge in [-0.1, -0.05) is 19.9 Å². The van der Waals surface area contributed by atoms with Crippen molar-refractivity contribution >= 4 is 5.97 Å². The summed E-state index contributed by atoms with van der Waals surface area (Å²) < 4.78 is 30.7. The Hall–Kier alpha value is -1.45. The zero-order valence-electron chi connectivity index (χ0n) is 9.93. The van der Waals surface area contributed by atoms with Crippen LogP contribution < -0.4 is 0 Å². The van der Waals surface area contributed by atoms with Crippen LogP contribution in [-0.4, -0.2) is 12.6 Å². The number of halogens is 2. The Labute approximate surface area is 94.2 Å². The maximum absolute atomic E-state index is 13.2. The number of hydrogen-bond acceptors (Lipinski definition) is 2. The number of carbonyl (C=O) groups is 1. The highest BCUT2D eigenvalue weighted by Gasteiger charge is 2.17. The molecule has 1 aromatic carbocycles. The van der Waals surface area contributed by atoms with E-state index in [1.807, 2.05) is 13.8 Å². The summed E-state index contributed by atoms with van der Waals surface area (Å²) in [6.45, 7) is 7.15. The minimum Gasteiger partial charge on any atom is -0.462 e. The van der Waals surface area contributed by atoms with Crippen molar-refractivity contribution in [3.63, 3.8) is 0 Å². The zero-order chi connectivity index (χ0) is 12.7.